The molecule has 0 radical (unpaired) electrons. The fourth-order valence-corrected chi connectivity index (χ4v) is 5.04. The summed E-state index contributed by atoms with van der Waals surface area (Å²) in [6, 6.07) is 5.37. The van der Waals surface area contributed by atoms with Crippen molar-refractivity contribution in [2.24, 2.45) is 17.8 Å². The molecule has 0 spiro atoms. The average Bonchev–Trinajstić information content (AvgIpc) is 2.63. The fraction of sp³-hybridized carbons (Fsp3) is 0.714. The smallest absolute Gasteiger partial charge is 0.142 e. The number of rotatable bonds is 5. The van der Waals surface area contributed by atoms with Gasteiger partial charge in [0.2, 0.25) is 0 Å². The Morgan fingerprint density at radius 1 is 1.00 bits per heavy atom. The van der Waals surface area contributed by atoms with Gasteiger partial charge in [-0.2, -0.15) is 0 Å². The SMILES string of the molecule is COCC[C@H]1CC[C@H]([C@H]2CC[C@H](c3ccc(Cl)c(F)c3)CC2)CC1. The molecule has 0 saturated heterocycles. The number of benzene rings is 1. The minimum absolute atomic E-state index is 0.234. The molecule has 2 saturated carbocycles. The first-order valence-corrected chi connectivity index (χ1v) is 9.99. The fourth-order valence-electron chi connectivity index (χ4n) is 4.92. The van der Waals surface area contributed by atoms with Gasteiger partial charge < -0.3 is 4.74 Å². The topological polar surface area (TPSA) is 9.23 Å². The molecule has 134 valence electrons. The summed E-state index contributed by atoms with van der Waals surface area (Å²) in [4.78, 5) is 0. The van der Waals surface area contributed by atoms with Gasteiger partial charge in [0.25, 0.3) is 0 Å². The van der Waals surface area contributed by atoms with Crippen molar-refractivity contribution >= 4 is 11.6 Å². The zero-order valence-corrected chi connectivity index (χ0v) is 15.5. The molecule has 3 heteroatoms. The van der Waals surface area contributed by atoms with Gasteiger partial charge in [-0.3, -0.25) is 0 Å². The second kappa shape index (κ2) is 8.67. The number of ether oxygens (including phenoxy) is 1. The molecule has 1 aromatic carbocycles. The van der Waals surface area contributed by atoms with Crippen molar-refractivity contribution in [3.8, 4) is 0 Å². The highest BCUT2D eigenvalue weighted by molar-refractivity contribution is 6.30. The highest BCUT2D eigenvalue weighted by Gasteiger charge is 2.31. The average molecular weight is 353 g/mol. The summed E-state index contributed by atoms with van der Waals surface area (Å²) in [7, 11) is 1.80. The summed E-state index contributed by atoms with van der Waals surface area (Å²) in [5.41, 5.74) is 1.14. The molecule has 0 atom stereocenters. The van der Waals surface area contributed by atoms with E-state index in [1.807, 2.05) is 6.07 Å². The van der Waals surface area contributed by atoms with Crippen LogP contribution in [0.25, 0.3) is 0 Å². The zero-order chi connectivity index (χ0) is 16.9. The first-order chi connectivity index (χ1) is 11.7. The molecule has 0 N–H and O–H groups in total. The van der Waals surface area contributed by atoms with Crippen LogP contribution in [0.2, 0.25) is 5.02 Å². The van der Waals surface area contributed by atoms with Crippen molar-refractivity contribution in [1.82, 2.24) is 0 Å². The summed E-state index contributed by atoms with van der Waals surface area (Å²) < 4.78 is 18.9. The molecular formula is C21H30ClFO. The molecule has 1 nitrogen and oxygen atoms in total. The Morgan fingerprint density at radius 2 is 1.62 bits per heavy atom. The molecule has 0 unspecified atom stereocenters. The summed E-state index contributed by atoms with van der Waals surface area (Å²) in [5.74, 6) is 2.94. The maximum atomic E-state index is 13.7. The van der Waals surface area contributed by atoms with Gasteiger partial charge >= 0.3 is 0 Å². The highest BCUT2D eigenvalue weighted by atomic mass is 35.5. The lowest BCUT2D eigenvalue weighted by Crippen LogP contribution is -2.25. The Hall–Kier alpha value is -0.600. The predicted octanol–water partition coefficient (Wildman–Crippen LogP) is 6.60. The maximum Gasteiger partial charge on any atom is 0.142 e. The van der Waals surface area contributed by atoms with Gasteiger partial charge in [-0.1, -0.05) is 30.5 Å². The Bertz CT molecular complexity index is 517. The summed E-state index contributed by atoms with van der Waals surface area (Å²) in [6.07, 6.45) is 11.8. The predicted molar refractivity (Wildman–Crippen MR) is 98.1 cm³/mol. The molecule has 2 aliphatic rings. The van der Waals surface area contributed by atoms with E-state index in [2.05, 4.69) is 0 Å². The van der Waals surface area contributed by atoms with Crippen LogP contribution < -0.4 is 0 Å². The molecule has 0 amide bonds. The number of methoxy groups -OCH3 is 1. The molecular weight excluding hydrogens is 323 g/mol. The van der Waals surface area contributed by atoms with Crippen molar-refractivity contribution in [2.75, 3.05) is 13.7 Å². The third-order valence-electron chi connectivity index (χ3n) is 6.48. The second-order valence-electron chi connectivity index (χ2n) is 7.85. The monoisotopic (exact) mass is 352 g/mol. The molecule has 0 bridgehead atoms. The lowest BCUT2D eigenvalue weighted by molar-refractivity contribution is 0.129. The first-order valence-electron chi connectivity index (χ1n) is 9.61. The minimum atomic E-state index is -0.273. The third-order valence-corrected chi connectivity index (χ3v) is 6.78. The molecule has 24 heavy (non-hydrogen) atoms. The van der Waals surface area contributed by atoms with Gasteiger partial charge in [-0.05, 0) is 86.3 Å². The van der Waals surface area contributed by atoms with E-state index in [-0.39, 0.29) is 10.8 Å². The van der Waals surface area contributed by atoms with Crippen LogP contribution in [0.1, 0.15) is 69.3 Å². The van der Waals surface area contributed by atoms with E-state index in [1.165, 1.54) is 57.8 Å². The van der Waals surface area contributed by atoms with Gasteiger partial charge in [0.1, 0.15) is 5.82 Å². The van der Waals surface area contributed by atoms with Crippen LogP contribution in [-0.4, -0.2) is 13.7 Å². The van der Waals surface area contributed by atoms with Crippen LogP contribution in [0, 0.1) is 23.6 Å². The Kier molecular flexibility index (Phi) is 6.57. The van der Waals surface area contributed by atoms with Crippen molar-refractivity contribution in [2.45, 2.75) is 63.7 Å². The van der Waals surface area contributed by atoms with Gasteiger partial charge in [0, 0.05) is 13.7 Å². The second-order valence-corrected chi connectivity index (χ2v) is 8.25. The van der Waals surface area contributed by atoms with Crippen molar-refractivity contribution in [3.63, 3.8) is 0 Å². The van der Waals surface area contributed by atoms with E-state index in [0.29, 0.717) is 5.92 Å². The summed E-state index contributed by atoms with van der Waals surface area (Å²) >= 11 is 5.80. The van der Waals surface area contributed by atoms with Crippen molar-refractivity contribution < 1.29 is 9.13 Å². The lowest BCUT2D eigenvalue weighted by atomic mass is 9.68. The van der Waals surface area contributed by atoms with Crippen LogP contribution in [0.15, 0.2) is 18.2 Å². The molecule has 2 aliphatic carbocycles. The van der Waals surface area contributed by atoms with Crippen LogP contribution in [0.5, 0.6) is 0 Å². The number of hydrogen-bond acceptors (Lipinski definition) is 1. The molecule has 2 fully saturated rings. The van der Waals surface area contributed by atoms with Crippen molar-refractivity contribution in [3.05, 3.63) is 34.6 Å². The molecule has 0 aromatic heterocycles. The first kappa shape index (κ1) is 18.2. The van der Waals surface area contributed by atoms with Crippen LogP contribution in [0.3, 0.4) is 0 Å². The number of hydrogen-bond donors (Lipinski definition) is 0. The molecule has 0 aliphatic heterocycles. The lowest BCUT2D eigenvalue weighted by Gasteiger charge is -2.38. The largest absolute Gasteiger partial charge is 0.385 e. The van der Waals surface area contributed by atoms with Crippen LogP contribution >= 0.6 is 11.6 Å². The molecule has 3 rings (SSSR count). The Labute approximate surface area is 150 Å². The number of halogens is 2. The normalized spacial score (nSPS) is 31.1. The van der Waals surface area contributed by atoms with Gasteiger partial charge in [0.05, 0.1) is 5.02 Å². The van der Waals surface area contributed by atoms with Crippen molar-refractivity contribution in [1.29, 1.82) is 0 Å². The van der Waals surface area contributed by atoms with Gasteiger partial charge in [-0.15, -0.1) is 0 Å². The Morgan fingerprint density at radius 3 is 2.21 bits per heavy atom. The van der Waals surface area contributed by atoms with Gasteiger partial charge in [-0.25, -0.2) is 4.39 Å². The third kappa shape index (κ3) is 4.52. The highest BCUT2D eigenvalue weighted by Crippen LogP contribution is 2.44. The van der Waals surface area contributed by atoms with Gasteiger partial charge in [0.15, 0.2) is 0 Å². The quantitative estimate of drug-likeness (QED) is 0.580. The minimum Gasteiger partial charge on any atom is -0.385 e. The van der Waals surface area contributed by atoms with E-state index in [4.69, 9.17) is 16.3 Å². The van der Waals surface area contributed by atoms with E-state index in [1.54, 1.807) is 19.2 Å². The summed E-state index contributed by atoms with van der Waals surface area (Å²) in [5, 5.41) is 0.234. The Balaban J connectivity index is 1.46. The standard InChI is InChI=1S/C21H30ClFO/c1-24-13-12-15-2-4-16(5-3-15)17-6-8-18(9-7-17)19-10-11-20(22)21(23)14-19/h10-11,14-18H,2-9,12-13H2,1H3/t15-,16-,17-,18-. The molecule has 1 aromatic rings. The molecule has 0 heterocycles. The van der Waals surface area contributed by atoms with E-state index in [9.17, 15) is 4.39 Å². The maximum absolute atomic E-state index is 13.7. The summed E-state index contributed by atoms with van der Waals surface area (Å²) in [6.45, 7) is 0.915. The van der Waals surface area contributed by atoms with E-state index < -0.39 is 0 Å². The zero-order valence-electron chi connectivity index (χ0n) is 14.8. The van der Waals surface area contributed by atoms with E-state index >= 15 is 0 Å². The van der Waals surface area contributed by atoms with Crippen LogP contribution in [0.4, 0.5) is 4.39 Å². The van der Waals surface area contributed by atoms with Crippen LogP contribution in [-0.2, 0) is 4.74 Å². The van der Waals surface area contributed by atoms with E-state index in [0.717, 1.165) is 29.9 Å².